The average Bonchev–Trinajstić information content (AvgIpc) is 3.02. The van der Waals surface area contributed by atoms with Gasteiger partial charge in [0.1, 0.15) is 16.6 Å². The van der Waals surface area contributed by atoms with Crippen LogP contribution in [0, 0.1) is 5.82 Å². The summed E-state index contributed by atoms with van der Waals surface area (Å²) >= 11 is 1.52. The molecule has 0 radical (unpaired) electrons. The largest absolute Gasteiger partial charge is 0.466 e. The zero-order valence-corrected chi connectivity index (χ0v) is 13.4. The van der Waals surface area contributed by atoms with Crippen LogP contribution in [0.25, 0.3) is 10.2 Å². The summed E-state index contributed by atoms with van der Waals surface area (Å²) in [5.41, 5.74) is 1.61. The number of hydrogen-bond donors (Lipinski definition) is 1. The third-order valence-corrected chi connectivity index (χ3v) is 4.69. The number of aromatic nitrogens is 1. The molecule has 2 heterocycles. The smallest absolute Gasteiger partial charge is 0.255 e. The number of carbonyl (C=O) groups excluding carboxylic acids is 1. The third kappa shape index (κ3) is 2.83. The van der Waals surface area contributed by atoms with E-state index in [2.05, 4.69) is 10.3 Å². The highest BCUT2D eigenvalue weighted by Gasteiger charge is 2.21. The number of para-hydroxylation sites is 1. The van der Waals surface area contributed by atoms with Gasteiger partial charge >= 0.3 is 0 Å². The third-order valence-electron chi connectivity index (χ3n) is 3.66. The molecule has 24 heavy (non-hydrogen) atoms. The normalized spacial score (nSPS) is 13.4. The predicted octanol–water partition coefficient (Wildman–Crippen LogP) is 3.23. The Morgan fingerprint density at radius 1 is 1.33 bits per heavy atom. The van der Waals surface area contributed by atoms with Gasteiger partial charge in [0.25, 0.3) is 5.91 Å². The van der Waals surface area contributed by atoms with Crippen LogP contribution < -0.4 is 10.1 Å². The Morgan fingerprint density at radius 3 is 3.08 bits per heavy atom. The van der Waals surface area contributed by atoms with E-state index < -0.39 is 11.7 Å². The minimum atomic E-state index is -0.493. The van der Waals surface area contributed by atoms with Crippen molar-refractivity contribution in [3.05, 3.63) is 58.3 Å². The van der Waals surface area contributed by atoms with Crippen molar-refractivity contribution in [2.75, 3.05) is 6.79 Å². The molecule has 0 saturated carbocycles. The van der Waals surface area contributed by atoms with Crippen molar-refractivity contribution in [1.82, 2.24) is 10.3 Å². The summed E-state index contributed by atoms with van der Waals surface area (Å²) < 4.78 is 25.3. The number of hydrogen-bond acceptors (Lipinski definition) is 5. The van der Waals surface area contributed by atoms with Crippen molar-refractivity contribution in [2.24, 2.45) is 0 Å². The van der Waals surface area contributed by atoms with Gasteiger partial charge in [-0.2, -0.15) is 0 Å². The Morgan fingerprint density at radius 2 is 2.21 bits per heavy atom. The maximum atomic E-state index is 13.7. The molecular formula is C17H13FN2O3S. The maximum Gasteiger partial charge on any atom is 0.255 e. The first-order valence-electron chi connectivity index (χ1n) is 7.36. The van der Waals surface area contributed by atoms with E-state index in [0.29, 0.717) is 11.3 Å². The lowest BCUT2D eigenvalue weighted by molar-refractivity contribution is -0.0170. The summed E-state index contributed by atoms with van der Waals surface area (Å²) in [6.07, 6.45) is 0. The molecule has 1 amide bonds. The topological polar surface area (TPSA) is 60.5 Å². The first-order chi connectivity index (χ1) is 11.7. The van der Waals surface area contributed by atoms with Gasteiger partial charge in [-0.25, -0.2) is 9.37 Å². The number of halogens is 1. The van der Waals surface area contributed by atoms with Crippen LogP contribution in [-0.2, 0) is 17.9 Å². The zero-order valence-electron chi connectivity index (χ0n) is 12.5. The van der Waals surface area contributed by atoms with E-state index in [-0.39, 0.29) is 25.5 Å². The molecule has 1 aliphatic rings. The quantitative estimate of drug-likeness (QED) is 0.792. The van der Waals surface area contributed by atoms with Gasteiger partial charge in [-0.1, -0.05) is 12.1 Å². The molecule has 1 aromatic heterocycles. The lowest BCUT2D eigenvalue weighted by atomic mass is 10.1. The average molecular weight is 344 g/mol. The number of ether oxygens (including phenoxy) is 2. The minimum absolute atomic E-state index is 0.0524. The fourth-order valence-electron chi connectivity index (χ4n) is 2.60. The summed E-state index contributed by atoms with van der Waals surface area (Å²) in [4.78, 5) is 16.9. The summed E-state index contributed by atoms with van der Waals surface area (Å²) in [6.45, 7) is 0.558. The highest BCUT2D eigenvalue weighted by Crippen LogP contribution is 2.29. The number of thiazole rings is 1. The number of nitrogens with one attached hydrogen (secondary N) is 1. The number of benzene rings is 2. The Hall–Kier alpha value is -2.51. The van der Waals surface area contributed by atoms with E-state index in [0.717, 1.165) is 15.2 Å². The lowest BCUT2D eigenvalue weighted by Crippen LogP contribution is -2.25. The standard InChI is InChI=1S/C17H13FN2O3S/c18-11-5-10-8-22-9-23-16(10)12(6-11)17(21)19-7-15-20-13-3-1-2-4-14(13)24-15/h1-6H,7-9H2,(H,19,21). The first-order valence-corrected chi connectivity index (χ1v) is 8.18. The van der Waals surface area contributed by atoms with E-state index in [4.69, 9.17) is 9.47 Å². The summed E-state index contributed by atoms with van der Waals surface area (Å²) in [5, 5.41) is 3.57. The van der Waals surface area contributed by atoms with Gasteiger partial charge in [-0.3, -0.25) is 4.79 Å². The number of fused-ring (bicyclic) bond motifs is 2. The zero-order chi connectivity index (χ0) is 16.5. The van der Waals surface area contributed by atoms with E-state index in [1.165, 1.54) is 23.5 Å². The van der Waals surface area contributed by atoms with Crippen molar-refractivity contribution in [2.45, 2.75) is 13.2 Å². The van der Waals surface area contributed by atoms with Crippen LogP contribution in [0.3, 0.4) is 0 Å². The second-order valence-corrected chi connectivity index (χ2v) is 6.43. The SMILES string of the molecule is O=C(NCc1nc2ccccc2s1)c1cc(F)cc2c1OCOC2. The number of amides is 1. The predicted molar refractivity (Wildman–Crippen MR) is 87.5 cm³/mol. The van der Waals surface area contributed by atoms with E-state index in [1.807, 2.05) is 24.3 Å². The van der Waals surface area contributed by atoms with Gasteiger partial charge in [0.05, 0.1) is 28.9 Å². The van der Waals surface area contributed by atoms with Gasteiger partial charge < -0.3 is 14.8 Å². The van der Waals surface area contributed by atoms with E-state index in [9.17, 15) is 9.18 Å². The highest BCUT2D eigenvalue weighted by atomic mass is 32.1. The van der Waals surface area contributed by atoms with Crippen LogP contribution in [0.15, 0.2) is 36.4 Å². The van der Waals surface area contributed by atoms with Crippen molar-refractivity contribution in [1.29, 1.82) is 0 Å². The van der Waals surface area contributed by atoms with Crippen LogP contribution in [0.4, 0.5) is 4.39 Å². The van der Waals surface area contributed by atoms with Gasteiger partial charge in [0, 0.05) is 5.56 Å². The molecule has 4 rings (SSSR count). The van der Waals surface area contributed by atoms with Crippen LogP contribution >= 0.6 is 11.3 Å². The highest BCUT2D eigenvalue weighted by molar-refractivity contribution is 7.18. The van der Waals surface area contributed by atoms with E-state index >= 15 is 0 Å². The van der Waals surface area contributed by atoms with Crippen molar-refractivity contribution in [3.63, 3.8) is 0 Å². The molecule has 0 bridgehead atoms. The molecule has 0 fully saturated rings. The Balaban J connectivity index is 1.55. The number of carbonyl (C=O) groups is 1. The fraction of sp³-hybridized carbons (Fsp3) is 0.176. The summed E-state index contributed by atoms with van der Waals surface area (Å²) in [5.74, 6) is -0.510. The minimum Gasteiger partial charge on any atom is -0.466 e. The second-order valence-electron chi connectivity index (χ2n) is 5.31. The second kappa shape index (κ2) is 6.18. The molecule has 7 heteroatoms. The monoisotopic (exact) mass is 344 g/mol. The molecular weight excluding hydrogens is 331 g/mol. The van der Waals surface area contributed by atoms with Gasteiger partial charge in [-0.15, -0.1) is 11.3 Å². The molecule has 122 valence electrons. The molecule has 3 aromatic rings. The van der Waals surface area contributed by atoms with Gasteiger partial charge in [0.2, 0.25) is 0 Å². The maximum absolute atomic E-state index is 13.7. The molecule has 0 aliphatic carbocycles. The van der Waals surface area contributed by atoms with Crippen molar-refractivity contribution < 1.29 is 18.7 Å². The molecule has 1 aliphatic heterocycles. The molecule has 2 aromatic carbocycles. The lowest BCUT2D eigenvalue weighted by Gasteiger charge is -2.20. The van der Waals surface area contributed by atoms with Gasteiger partial charge in [-0.05, 0) is 24.3 Å². The molecule has 1 N–H and O–H groups in total. The van der Waals surface area contributed by atoms with Crippen LogP contribution in [0.1, 0.15) is 20.9 Å². The number of nitrogens with zero attached hydrogens (tertiary/aromatic N) is 1. The molecule has 0 unspecified atom stereocenters. The van der Waals surface area contributed by atoms with E-state index in [1.54, 1.807) is 0 Å². The summed E-state index contributed by atoms with van der Waals surface area (Å²) in [7, 11) is 0. The van der Waals surface area contributed by atoms with Crippen LogP contribution in [-0.4, -0.2) is 17.7 Å². The Bertz CT molecular complexity index is 892. The van der Waals surface area contributed by atoms with Crippen LogP contribution in [0.5, 0.6) is 5.75 Å². The Kier molecular flexibility index (Phi) is 3.87. The van der Waals surface area contributed by atoms with Gasteiger partial charge in [0.15, 0.2) is 6.79 Å². The van der Waals surface area contributed by atoms with Crippen LogP contribution in [0.2, 0.25) is 0 Å². The van der Waals surface area contributed by atoms with Crippen molar-refractivity contribution >= 4 is 27.5 Å². The Labute approximate surface area is 141 Å². The fourth-order valence-corrected chi connectivity index (χ4v) is 3.50. The molecule has 5 nitrogen and oxygen atoms in total. The molecule has 0 spiro atoms. The molecule has 0 atom stereocenters. The first kappa shape index (κ1) is 15.0. The molecule has 0 saturated heterocycles. The summed E-state index contributed by atoms with van der Waals surface area (Å²) in [6, 6.07) is 10.3. The number of rotatable bonds is 3. The van der Waals surface area contributed by atoms with Crippen molar-refractivity contribution in [3.8, 4) is 5.75 Å².